The van der Waals surface area contributed by atoms with Gasteiger partial charge in [-0.2, -0.15) is 0 Å². The van der Waals surface area contributed by atoms with Crippen molar-refractivity contribution < 1.29 is 9.47 Å². The molecule has 2 rings (SSSR count). The first-order chi connectivity index (χ1) is 12.2. The molecule has 1 aromatic heterocycles. The third kappa shape index (κ3) is 8.00. The number of hydrogen-bond donors (Lipinski definition) is 2. The second-order valence-corrected chi connectivity index (χ2v) is 7.37. The molecule has 0 spiro atoms. The minimum atomic E-state index is 0. The Morgan fingerprint density at radius 1 is 1.31 bits per heavy atom. The van der Waals surface area contributed by atoms with E-state index in [1.165, 1.54) is 0 Å². The van der Waals surface area contributed by atoms with Gasteiger partial charge in [-0.1, -0.05) is 17.8 Å². The highest BCUT2D eigenvalue weighted by Crippen LogP contribution is 2.27. The van der Waals surface area contributed by atoms with Crippen molar-refractivity contribution in [2.75, 3.05) is 33.1 Å². The number of ether oxygens (including phenoxy) is 2. The van der Waals surface area contributed by atoms with Gasteiger partial charge in [0, 0.05) is 30.4 Å². The minimum absolute atomic E-state index is 0. The fraction of sp³-hybridized carbons (Fsp3) is 0.412. The highest BCUT2D eigenvalue weighted by Gasteiger charge is 2.04. The molecule has 0 fully saturated rings. The van der Waals surface area contributed by atoms with Gasteiger partial charge in [0.05, 0.1) is 14.2 Å². The van der Waals surface area contributed by atoms with E-state index in [1.54, 1.807) is 37.3 Å². The average molecular weight is 508 g/mol. The molecule has 0 saturated carbocycles. The van der Waals surface area contributed by atoms with Crippen LogP contribution < -0.4 is 20.5 Å². The molecule has 1 aromatic carbocycles. The fourth-order valence-corrected chi connectivity index (χ4v) is 3.76. The Morgan fingerprint density at radius 2 is 2.12 bits per heavy atom. The van der Waals surface area contributed by atoms with E-state index in [-0.39, 0.29) is 24.0 Å². The molecule has 26 heavy (non-hydrogen) atoms. The number of benzene rings is 1. The lowest BCUT2D eigenvalue weighted by Gasteiger charge is -2.10. The molecule has 0 saturated heterocycles. The molecule has 144 valence electrons. The summed E-state index contributed by atoms with van der Waals surface area (Å²) < 4.78 is 11.6. The Morgan fingerprint density at radius 3 is 2.81 bits per heavy atom. The minimum Gasteiger partial charge on any atom is -0.493 e. The third-order valence-electron chi connectivity index (χ3n) is 3.39. The Hall–Kier alpha value is -1.20. The summed E-state index contributed by atoms with van der Waals surface area (Å²) in [5.41, 5.74) is 7.04. The molecule has 0 amide bonds. The number of halogens is 1. The van der Waals surface area contributed by atoms with Crippen molar-refractivity contribution >= 4 is 53.0 Å². The standard InChI is InChI=1S/C17H24N4O2S2.HI/c1-22-14-5-4-13(12-15(14)23-2)6-8-20-16(18)19-7-3-10-24-17-21-9-11-25-17;/h4-5,9,11-12H,3,6-8,10H2,1-2H3,(H3,18,19,20);1H. The summed E-state index contributed by atoms with van der Waals surface area (Å²) in [7, 11) is 3.27. The first-order valence-corrected chi connectivity index (χ1v) is 9.86. The van der Waals surface area contributed by atoms with Crippen molar-refractivity contribution in [2.24, 2.45) is 10.7 Å². The normalized spacial score (nSPS) is 10.9. The summed E-state index contributed by atoms with van der Waals surface area (Å²) >= 11 is 3.42. The van der Waals surface area contributed by atoms with E-state index < -0.39 is 0 Å². The van der Waals surface area contributed by atoms with Crippen molar-refractivity contribution in [1.29, 1.82) is 0 Å². The summed E-state index contributed by atoms with van der Waals surface area (Å²) in [5.74, 6) is 2.95. The Bertz CT molecular complexity index is 669. The van der Waals surface area contributed by atoms with Crippen LogP contribution in [0, 0.1) is 0 Å². The summed E-state index contributed by atoms with van der Waals surface area (Å²) in [6.45, 7) is 1.44. The molecular formula is C17H25IN4O2S2. The summed E-state index contributed by atoms with van der Waals surface area (Å²) in [6.07, 6.45) is 3.63. The Balaban J connectivity index is 0.00000338. The zero-order valence-electron chi connectivity index (χ0n) is 14.9. The Kier molecular flexibility index (Phi) is 11.5. The van der Waals surface area contributed by atoms with Gasteiger partial charge in [0.25, 0.3) is 0 Å². The average Bonchev–Trinajstić information content (AvgIpc) is 3.14. The van der Waals surface area contributed by atoms with Crippen molar-refractivity contribution in [1.82, 2.24) is 10.3 Å². The van der Waals surface area contributed by atoms with Crippen LogP contribution in [0.2, 0.25) is 0 Å². The SMILES string of the molecule is COc1ccc(CCNC(N)=NCCCSc2nccs2)cc1OC.I. The predicted octanol–water partition coefficient (Wildman–Crippen LogP) is 3.41. The number of aliphatic imine (C=N–C) groups is 1. The third-order valence-corrected chi connectivity index (χ3v) is 5.44. The van der Waals surface area contributed by atoms with E-state index in [9.17, 15) is 0 Å². The number of thioether (sulfide) groups is 1. The monoisotopic (exact) mass is 508 g/mol. The number of nitrogens with two attached hydrogens (primary N) is 1. The molecule has 0 aliphatic rings. The zero-order valence-corrected chi connectivity index (χ0v) is 18.9. The van der Waals surface area contributed by atoms with Gasteiger partial charge in [0.15, 0.2) is 17.5 Å². The highest BCUT2D eigenvalue weighted by atomic mass is 127. The molecule has 9 heteroatoms. The number of aromatic nitrogens is 1. The van der Waals surface area contributed by atoms with Crippen molar-refractivity contribution in [3.05, 3.63) is 35.3 Å². The van der Waals surface area contributed by atoms with Crippen LogP contribution in [0.15, 0.2) is 39.1 Å². The van der Waals surface area contributed by atoms with Crippen LogP contribution in [0.25, 0.3) is 0 Å². The first kappa shape index (κ1) is 22.8. The van der Waals surface area contributed by atoms with E-state index in [2.05, 4.69) is 15.3 Å². The van der Waals surface area contributed by atoms with Crippen LogP contribution in [0.4, 0.5) is 0 Å². The van der Waals surface area contributed by atoms with Gasteiger partial charge in [0.1, 0.15) is 4.34 Å². The second kappa shape index (κ2) is 13.0. The maximum absolute atomic E-state index is 5.89. The number of hydrogen-bond acceptors (Lipinski definition) is 6. The molecule has 0 unspecified atom stereocenters. The molecule has 0 aliphatic heterocycles. The van der Waals surface area contributed by atoms with Crippen LogP contribution in [0.3, 0.4) is 0 Å². The highest BCUT2D eigenvalue weighted by molar-refractivity contribution is 14.0. The number of methoxy groups -OCH3 is 2. The molecule has 1 heterocycles. The summed E-state index contributed by atoms with van der Waals surface area (Å²) in [5, 5.41) is 5.13. The fourth-order valence-electron chi connectivity index (χ4n) is 2.13. The van der Waals surface area contributed by atoms with Crippen LogP contribution in [0.1, 0.15) is 12.0 Å². The lowest BCUT2D eigenvalue weighted by atomic mass is 10.1. The van der Waals surface area contributed by atoms with Crippen LogP contribution >= 0.6 is 47.1 Å². The molecule has 0 bridgehead atoms. The van der Waals surface area contributed by atoms with Gasteiger partial charge in [-0.3, -0.25) is 4.99 Å². The van der Waals surface area contributed by atoms with Crippen LogP contribution in [-0.4, -0.2) is 44.0 Å². The Labute approximate surface area is 180 Å². The summed E-state index contributed by atoms with van der Waals surface area (Å²) in [6, 6.07) is 5.90. The molecule has 3 N–H and O–H groups in total. The van der Waals surface area contributed by atoms with Gasteiger partial charge < -0.3 is 20.5 Å². The maximum atomic E-state index is 5.89. The number of guanidine groups is 1. The number of nitrogens with one attached hydrogen (secondary N) is 1. The smallest absolute Gasteiger partial charge is 0.188 e. The van der Waals surface area contributed by atoms with Crippen molar-refractivity contribution in [3.63, 3.8) is 0 Å². The zero-order chi connectivity index (χ0) is 17.9. The van der Waals surface area contributed by atoms with Crippen molar-refractivity contribution in [3.8, 4) is 11.5 Å². The molecule has 0 aliphatic carbocycles. The van der Waals surface area contributed by atoms with Crippen molar-refractivity contribution in [2.45, 2.75) is 17.2 Å². The first-order valence-electron chi connectivity index (χ1n) is 8.00. The maximum Gasteiger partial charge on any atom is 0.188 e. The predicted molar refractivity (Wildman–Crippen MR) is 121 cm³/mol. The summed E-state index contributed by atoms with van der Waals surface area (Å²) in [4.78, 5) is 8.58. The van der Waals surface area contributed by atoms with E-state index in [0.29, 0.717) is 12.5 Å². The van der Waals surface area contributed by atoms with Crippen LogP contribution in [0.5, 0.6) is 11.5 Å². The number of nitrogens with zero attached hydrogens (tertiary/aromatic N) is 2. The van der Waals surface area contributed by atoms with Crippen LogP contribution in [-0.2, 0) is 6.42 Å². The van der Waals surface area contributed by atoms with E-state index in [1.807, 2.05) is 29.8 Å². The van der Waals surface area contributed by atoms with Gasteiger partial charge in [-0.05, 0) is 30.5 Å². The number of thiazole rings is 1. The number of rotatable bonds is 10. The topological polar surface area (TPSA) is 81.8 Å². The van der Waals surface area contributed by atoms with Gasteiger partial charge in [-0.25, -0.2) is 4.98 Å². The van der Waals surface area contributed by atoms with E-state index >= 15 is 0 Å². The lowest BCUT2D eigenvalue weighted by molar-refractivity contribution is 0.354. The molecule has 6 nitrogen and oxygen atoms in total. The molecular weight excluding hydrogens is 483 g/mol. The largest absolute Gasteiger partial charge is 0.493 e. The quantitative estimate of drug-likeness (QED) is 0.168. The van der Waals surface area contributed by atoms with Gasteiger partial charge in [-0.15, -0.1) is 35.3 Å². The van der Waals surface area contributed by atoms with Gasteiger partial charge >= 0.3 is 0 Å². The van der Waals surface area contributed by atoms with E-state index in [4.69, 9.17) is 15.2 Å². The van der Waals surface area contributed by atoms with Gasteiger partial charge in [0.2, 0.25) is 0 Å². The second-order valence-electron chi connectivity index (χ2n) is 5.13. The lowest BCUT2D eigenvalue weighted by Crippen LogP contribution is -2.33. The molecule has 0 atom stereocenters. The van der Waals surface area contributed by atoms with E-state index in [0.717, 1.165) is 46.5 Å². The molecule has 0 radical (unpaired) electrons. The molecule has 2 aromatic rings.